The number of halogens is 2. The first-order valence-electron chi connectivity index (χ1n) is 6.57. The Hall–Kier alpha value is -0.410. The van der Waals surface area contributed by atoms with Gasteiger partial charge < -0.3 is 5.32 Å². The highest BCUT2D eigenvalue weighted by atomic mass is 79.9. The van der Waals surface area contributed by atoms with Gasteiger partial charge in [0.1, 0.15) is 5.82 Å². The van der Waals surface area contributed by atoms with E-state index in [4.69, 9.17) is 0 Å². The van der Waals surface area contributed by atoms with Crippen LogP contribution in [0, 0.1) is 17.7 Å². The predicted octanol–water partition coefficient (Wildman–Crippen LogP) is 4.40. The van der Waals surface area contributed by atoms with Crippen LogP contribution < -0.4 is 5.32 Å². The summed E-state index contributed by atoms with van der Waals surface area (Å²) in [5.41, 5.74) is 1.06. The molecule has 1 aromatic carbocycles. The minimum Gasteiger partial charge on any atom is -0.314 e. The second-order valence-electron chi connectivity index (χ2n) is 5.55. The molecule has 0 saturated heterocycles. The van der Waals surface area contributed by atoms with Gasteiger partial charge in [-0.05, 0) is 48.6 Å². The fourth-order valence-electron chi connectivity index (χ4n) is 1.96. The average molecular weight is 316 g/mol. The lowest BCUT2D eigenvalue weighted by molar-refractivity contribution is 0.348. The minimum absolute atomic E-state index is 0.168. The highest BCUT2D eigenvalue weighted by Gasteiger charge is 2.15. The summed E-state index contributed by atoms with van der Waals surface area (Å²) >= 11 is 3.35. The molecule has 0 spiro atoms. The third-order valence-electron chi connectivity index (χ3n) is 3.15. The van der Waals surface area contributed by atoms with Crippen LogP contribution >= 0.6 is 15.9 Å². The molecule has 1 atom stereocenters. The molecule has 18 heavy (non-hydrogen) atoms. The maximum Gasteiger partial charge on any atom is 0.124 e. The third-order valence-corrected chi connectivity index (χ3v) is 3.61. The molecule has 0 aromatic heterocycles. The van der Waals surface area contributed by atoms with Crippen LogP contribution in [0.1, 0.15) is 33.3 Å². The molecule has 0 heterocycles. The SMILES string of the molecule is CC(C)NCC(Cc1cc(F)cc(Br)c1)C(C)C. The van der Waals surface area contributed by atoms with Crippen molar-refractivity contribution < 1.29 is 4.39 Å². The summed E-state index contributed by atoms with van der Waals surface area (Å²) in [5.74, 6) is 0.943. The van der Waals surface area contributed by atoms with E-state index in [1.165, 1.54) is 6.07 Å². The maximum absolute atomic E-state index is 13.3. The van der Waals surface area contributed by atoms with E-state index >= 15 is 0 Å². The van der Waals surface area contributed by atoms with E-state index in [0.717, 1.165) is 23.0 Å². The Bertz CT molecular complexity index is 357. The van der Waals surface area contributed by atoms with Crippen LogP contribution in [0.25, 0.3) is 0 Å². The molecule has 0 saturated carbocycles. The van der Waals surface area contributed by atoms with E-state index < -0.39 is 0 Å². The van der Waals surface area contributed by atoms with Crippen LogP contribution in [0.2, 0.25) is 0 Å². The molecular weight excluding hydrogens is 293 g/mol. The molecule has 0 aliphatic heterocycles. The summed E-state index contributed by atoms with van der Waals surface area (Å²) in [6, 6.07) is 5.63. The van der Waals surface area contributed by atoms with Crippen molar-refractivity contribution >= 4 is 15.9 Å². The standard InChI is InChI=1S/C15H23BrFN/c1-10(2)13(9-18-11(3)4)5-12-6-14(16)8-15(17)7-12/h6-8,10-11,13,18H,5,9H2,1-4H3. The normalized spacial score (nSPS) is 13.3. The molecule has 1 nitrogen and oxygen atoms in total. The fourth-order valence-corrected chi connectivity index (χ4v) is 2.47. The monoisotopic (exact) mass is 315 g/mol. The van der Waals surface area contributed by atoms with Gasteiger partial charge in [-0.3, -0.25) is 0 Å². The van der Waals surface area contributed by atoms with Crippen LogP contribution in [0.15, 0.2) is 22.7 Å². The molecule has 1 unspecified atom stereocenters. The zero-order valence-electron chi connectivity index (χ0n) is 11.6. The van der Waals surface area contributed by atoms with Gasteiger partial charge in [-0.15, -0.1) is 0 Å². The lowest BCUT2D eigenvalue weighted by Gasteiger charge is -2.23. The van der Waals surface area contributed by atoms with E-state index in [1.807, 2.05) is 6.07 Å². The predicted molar refractivity (Wildman–Crippen MR) is 79.3 cm³/mol. The van der Waals surface area contributed by atoms with E-state index in [9.17, 15) is 4.39 Å². The summed E-state index contributed by atoms with van der Waals surface area (Å²) in [4.78, 5) is 0. The largest absolute Gasteiger partial charge is 0.314 e. The Morgan fingerprint density at radius 2 is 1.83 bits per heavy atom. The molecule has 0 aliphatic rings. The molecule has 102 valence electrons. The molecule has 1 aromatic rings. The first-order valence-corrected chi connectivity index (χ1v) is 7.36. The average Bonchev–Trinajstić information content (AvgIpc) is 2.22. The van der Waals surface area contributed by atoms with Gasteiger partial charge in [0, 0.05) is 10.5 Å². The molecule has 0 fully saturated rings. The summed E-state index contributed by atoms with van der Waals surface area (Å²) < 4.78 is 14.2. The number of benzene rings is 1. The molecule has 0 amide bonds. The molecule has 0 bridgehead atoms. The highest BCUT2D eigenvalue weighted by Crippen LogP contribution is 2.21. The Balaban J connectivity index is 2.70. The highest BCUT2D eigenvalue weighted by molar-refractivity contribution is 9.10. The van der Waals surface area contributed by atoms with Crippen LogP contribution in [0.4, 0.5) is 4.39 Å². The van der Waals surface area contributed by atoms with Gasteiger partial charge in [0.15, 0.2) is 0 Å². The van der Waals surface area contributed by atoms with Gasteiger partial charge in [-0.25, -0.2) is 4.39 Å². The van der Waals surface area contributed by atoms with Crippen molar-refractivity contribution in [3.05, 3.63) is 34.1 Å². The zero-order chi connectivity index (χ0) is 13.7. The van der Waals surface area contributed by atoms with Gasteiger partial charge in [0.05, 0.1) is 0 Å². The topological polar surface area (TPSA) is 12.0 Å². The van der Waals surface area contributed by atoms with Crippen LogP contribution in [0.3, 0.4) is 0 Å². The number of nitrogens with one attached hydrogen (secondary N) is 1. The fraction of sp³-hybridized carbons (Fsp3) is 0.600. The van der Waals surface area contributed by atoms with Crippen molar-refractivity contribution in [2.24, 2.45) is 11.8 Å². The Labute approximate surface area is 118 Å². The smallest absolute Gasteiger partial charge is 0.124 e. The molecule has 1 rings (SSSR count). The van der Waals surface area contributed by atoms with E-state index in [-0.39, 0.29) is 5.82 Å². The molecule has 3 heteroatoms. The van der Waals surface area contributed by atoms with E-state index in [1.54, 1.807) is 6.07 Å². The van der Waals surface area contributed by atoms with Gasteiger partial charge in [-0.2, -0.15) is 0 Å². The van der Waals surface area contributed by atoms with Crippen molar-refractivity contribution in [2.45, 2.75) is 40.2 Å². The summed E-state index contributed by atoms with van der Waals surface area (Å²) in [5, 5.41) is 3.47. The van der Waals surface area contributed by atoms with Gasteiger partial charge >= 0.3 is 0 Å². The molecule has 0 radical (unpaired) electrons. The second kappa shape index (κ2) is 7.25. The molecular formula is C15H23BrFN. The first kappa shape index (κ1) is 15.6. The third kappa shape index (κ3) is 5.49. The van der Waals surface area contributed by atoms with Gasteiger partial charge in [-0.1, -0.05) is 43.6 Å². The molecule has 0 aliphatic carbocycles. The lowest BCUT2D eigenvalue weighted by atomic mass is 9.89. The van der Waals surface area contributed by atoms with Crippen molar-refractivity contribution in [3.8, 4) is 0 Å². The van der Waals surface area contributed by atoms with Crippen LogP contribution in [-0.2, 0) is 6.42 Å². The van der Waals surface area contributed by atoms with Crippen molar-refractivity contribution in [3.63, 3.8) is 0 Å². The van der Waals surface area contributed by atoms with Crippen molar-refractivity contribution in [1.29, 1.82) is 0 Å². The van der Waals surface area contributed by atoms with E-state index in [2.05, 4.69) is 48.9 Å². The zero-order valence-corrected chi connectivity index (χ0v) is 13.2. The lowest BCUT2D eigenvalue weighted by Crippen LogP contribution is -2.32. The summed E-state index contributed by atoms with van der Waals surface area (Å²) in [6.07, 6.45) is 0.910. The minimum atomic E-state index is -0.168. The Morgan fingerprint density at radius 3 is 2.33 bits per heavy atom. The van der Waals surface area contributed by atoms with Crippen LogP contribution in [-0.4, -0.2) is 12.6 Å². The second-order valence-corrected chi connectivity index (χ2v) is 6.46. The van der Waals surface area contributed by atoms with Gasteiger partial charge in [0.25, 0.3) is 0 Å². The Morgan fingerprint density at radius 1 is 1.17 bits per heavy atom. The maximum atomic E-state index is 13.3. The van der Waals surface area contributed by atoms with E-state index in [0.29, 0.717) is 17.9 Å². The Kier molecular flexibility index (Phi) is 6.30. The number of hydrogen-bond acceptors (Lipinski definition) is 1. The molecule has 1 N–H and O–H groups in total. The number of rotatable bonds is 6. The first-order chi connectivity index (χ1) is 8.38. The van der Waals surface area contributed by atoms with Crippen molar-refractivity contribution in [2.75, 3.05) is 6.54 Å². The van der Waals surface area contributed by atoms with Crippen LogP contribution in [0.5, 0.6) is 0 Å². The summed E-state index contributed by atoms with van der Waals surface area (Å²) in [7, 11) is 0. The summed E-state index contributed by atoms with van der Waals surface area (Å²) in [6.45, 7) is 9.72. The van der Waals surface area contributed by atoms with Crippen molar-refractivity contribution in [1.82, 2.24) is 5.32 Å². The van der Waals surface area contributed by atoms with Gasteiger partial charge in [0.2, 0.25) is 0 Å². The number of hydrogen-bond donors (Lipinski definition) is 1. The quantitative estimate of drug-likeness (QED) is 0.820.